The molecule has 0 aromatic carbocycles. The van der Waals surface area contributed by atoms with E-state index in [2.05, 4.69) is 15.0 Å². The molecule has 0 amide bonds. The maximum Gasteiger partial charge on any atom is 0.356 e. The number of methoxy groups -OCH3 is 2. The fourth-order valence-electron chi connectivity index (χ4n) is 1.22. The maximum absolute atomic E-state index is 11.3. The van der Waals surface area contributed by atoms with Crippen molar-refractivity contribution in [3.05, 3.63) is 27.9 Å². The number of aromatic nitrogens is 1. The Morgan fingerprint density at radius 1 is 1.50 bits per heavy atom. The summed E-state index contributed by atoms with van der Waals surface area (Å²) in [7, 11) is 2.72. The van der Waals surface area contributed by atoms with Crippen molar-refractivity contribution in [3.8, 4) is 0 Å². The van der Waals surface area contributed by atoms with Crippen LogP contribution in [0.2, 0.25) is 0 Å². The van der Waals surface area contributed by atoms with Crippen LogP contribution in [0.3, 0.4) is 0 Å². The molecule has 0 saturated heterocycles. The van der Waals surface area contributed by atoms with Gasteiger partial charge in [-0.15, -0.1) is 0 Å². The zero-order chi connectivity index (χ0) is 13.5. The van der Waals surface area contributed by atoms with Crippen LogP contribution < -0.4 is 5.32 Å². The number of nitro groups is 1. The number of pyridine rings is 1. The molecular formula is C10H13N3O5. The molecule has 98 valence electrons. The first-order valence-electron chi connectivity index (χ1n) is 5.06. The Morgan fingerprint density at radius 3 is 2.78 bits per heavy atom. The Balaban J connectivity index is 2.99. The second kappa shape index (κ2) is 6.50. The van der Waals surface area contributed by atoms with Crippen molar-refractivity contribution in [2.24, 2.45) is 0 Å². The van der Waals surface area contributed by atoms with E-state index >= 15 is 0 Å². The third-order valence-electron chi connectivity index (χ3n) is 2.06. The maximum atomic E-state index is 11.3. The number of anilines is 1. The van der Waals surface area contributed by atoms with E-state index in [-0.39, 0.29) is 17.2 Å². The van der Waals surface area contributed by atoms with Crippen LogP contribution in [0, 0.1) is 10.1 Å². The van der Waals surface area contributed by atoms with Gasteiger partial charge in [0.25, 0.3) is 0 Å². The van der Waals surface area contributed by atoms with E-state index in [9.17, 15) is 14.9 Å². The summed E-state index contributed by atoms with van der Waals surface area (Å²) < 4.78 is 9.30. The minimum atomic E-state index is -0.653. The molecule has 0 spiro atoms. The van der Waals surface area contributed by atoms with Gasteiger partial charge in [0.2, 0.25) is 5.82 Å². The predicted molar refractivity (Wildman–Crippen MR) is 62.6 cm³/mol. The van der Waals surface area contributed by atoms with Crippen LogP contribution in [-0.2, 0) is 9.47 Å². The SMILES string of the molecule is COCCNc1nc(C(=O)OC)ccc1[N+](=O)[O-]. The molecule has 0 aliphatic carbocycles. The number of nitrogens with zero attached hydrogens (tertiary/aromatic N) is 2. The third kappa shape index (κ3) is 3.39. The van der Waals surface area contributed by atoms with Gasteiger partial charge in [-0.3, -0.25) is 10.1 Å². The van der Waals surface area contributed by atoms with Crippen molar-refractivity contribution in [1.82, 2.24) is 4.98 Å². The predicted octanol–water partition coefficient (Wildman–Crippen LogP) is 0.835. The first-order chi connectivity index (χ1) is 8.60. The van der Waals surface area contributed by atoms with Crippen molar-refractivity contribution in [1.29, 1.82) is 0 Å². The number of hydrogen-bond donors (Lipinski definition) is 1. The highest BCUT2D eigenvalue weighted by Crippen LogP contribution is 2.22. The largest absolute Gasteiger partial charge is 0.464 e. The number of ether oxygens (including phenoxy) is 2. The molecule has 8 nitrogen and oxygen atoms in total. The zero-order valence-corrected chi connectivity index (χ0v) is 10.0. The van der Waals surface area contributed by atoms with Crippen molar-refractivity contribution in [2.75, 3.05) is 32.7 Å². The molecule has 8 heteroatoms. The minimum absolute atomic E-state index is 0.00279. The molecule has 1 aromatic heterocycles. The Morgan fingerprint density at radius 2 is 2.22 bits per heavy atom. The lowest BCUT2D eigenvalue weighted by molar-refractivity contribution is -0.384. The molecule has 0 unspecified atom stereocenters. The summed E-state index contributed by atoms with van der Waals surface area (Å²) in [5.74, 6) is -0.639. The quantitative estimate of drug-likeness (QED) is 0.347. The molecule has 18 heavy (non-hydrogen) atoms. The molecule has 0 saturated carbocycles. The van der Waals surface area contributed by atoms with E-state index in [4.69, 9.17) is 4.74 Å². The van der Waals surface area contributed by atoms with E-state index < -0.39 is 10.9 Å². The highest BCUT2D eigenvalue weighted by Gasteiger charge is 2.18. The van der Waals surface area contributed by atoms with Gasteiger partial charge in [0.1, 0.15) is 0 Å². The molecule has 0 atom stereocenters. The lowest BCUT2D eigenvalue weighted by Crippen LogP contribution is -2.13. The highest BCUT2D eigenvalue weighted by atomic mass is 16.6. The standard InChI is InChI=1S/C10H13N3O5/c1-17-6-5-11-9-8(13(15)16)4-3-7(12-9)10(14)18-2/h3-4H,5-6H2,1-2H3,(H,11,12). The van der Waals surface area contributed by atoms with Gasteiger partial charge in [0.15, 0.2) is 5.69 Å². The van der Waals surface area contributed by atoms with Crippen molar-refractivity contribution >= 4 is 17.5 Å². The fourth-order valence-corrected chi connectivity index (χ4v) is 1.22. The van der Waals surface area contributed by atoms with E-state index in [1.54, 1.807) is 0 Å². The summed E-state index contributed by atoms with van der Waals surface area (Å²) in [6.07, 6.45) is 0. The van der Waals surface area contributed by atoms with E-state index in [1.165, 1.54) is 26.4 Å². The number of rotatable bonds is 6. The van der Waals surface area contributed by atoms with Gasteiger partial charge in [0, 0.05) is 19.7 Å². The third-order valence-corrected chi connectivity index (χ3v) is 2.06. The fraction of sp³-hybridized carbons (Fsp3) is 0.400. The van der Waals surface area contributed by atoms with Crippen LogP contribution in [0.4, 0.5) is 11.5 Å². The molecular weight excluding hydrogens is 242 g/mol. The topological polar surface area (TPSA) is 104 Å². The second-order valence-electron chi connectivity index (χ2n) is 3.23. The van der Waals surface area contributed by atoms with Gasteiger partial charge in [-0.05, 0) is 6.07 Å². The van der Waals surface area contributed by atoms with Crippen molar-refractivity contribution < 1.29 is 19.2 Å². The molecule has 1 rings (SSSR count). The Labute approximate surface area is 103 Å². The molecule has 0 aliphatic rings. The highest BCUT2D eigenvalue weighted by molar-refractivity contribution is 5.88. The molecule has 0 fully saturated rings. The van der Waals surface area contributed by atoms with E-state index in [0.717, 1.165) is 0 Å². The van der Waals surface area contributed by atoms with E-state index in [1.807, 2.05) is 0 Å². The summed E-state index contributed by atoms with van der Waals surface area (Å²) in [6, 6.07) is 2.44. The molecule has 0 radical (unpaired) electrons. The summed E-state index contributed by atoms with van der Waals surface area (Å²) in [5.41, 5.74) is -0.207. The summed E-state index contributed by atoms with van der Waals surface area (Å²) in [6.45, 7) is 0.705. The van der Waals surface area contributed by atoms with Gasteiger partial charge >= 0.3 is 11.7 Å². The number of hydrogen-bond acceptors (Lipinski definition) is 7. The lowest BCUT2D eigenvalue weighted by atomic mass is 10.3. The number of nitrogens with one attached hydrogen (secondary N) is 1. The normalized spacial score (nSPS) is 9.89. The van der Waals surface area contributed by atoms with Crippen LogP contribution in [0.15, 0.2) is 12.1 Å². The van der Waals surface area contributed by atoms with E-state index in [0.29, 0.717) is 13.2 Å². The van der Waals surface area contributed by atoms with Crippen molar-refractivity contribution in [3.63, 3.8) is 0 Å². The first-order valence-corrected chi connectivity index (χ1v) is 5.06. The van der Waals surface area contributed by atoms with Crippen LogP contribution in [-0.4, -0.2) is 43.2 Å². The smallest absolute Gasteiger partial charge is 0.356 e. The van der Waals surface area contributed by atoms with Crippen molar-refractivity contribution in [2.45, 2.75) is 0 Å². The molecule has 0 bridgehead atoms. The average molecular weight is 255 g/mol. The lowest BCUT2D eigenvalue weighted by Gasteiger charge is -2.06. The number of carbonyl (C=O) groups excluding carboxylic acids is 1. The molecule has 1 aromatic rings. The summed E-state index contributed by atoms with van der Waals surface area (Å²) in [4.78, 5) is 25.3. The first kappa shape index (κ1) is 13.8. The number of carbonyl (C=O) groups is 1. The molecule has 1 heterocycles. The van der Waals surface area contributed by atoms with Gasteiger partial charge in [0.05, 0.1) is 18.6 Å². The van der Waals surface area contributed by atoms with Crippen LogP contribution in [0.25, 0.3) is 0 Å². The van der Waals surface area contributed by atoms with Gasteiger partial charge in [-0.1, -0.05) is 0 Å². The van der Waals surface area contributed by atoms with Gasteiger partial charge in [-0.2, -0.15) is 0 Å². The van der Waals surface area contributed by atoms with Crippen LogP contribution >= 0.6 is 0 Å². The second-order valence-corrected chi connectivity index (χ2v) is 3.23. The molecule has 0 aliphatic heterocycles. The van der Waals surface area contributed by atoms with Gasteiger partial charge < -0.3 is 14.8 Å². The minimum Gasteiger partial charge on any atom is -0.464 e. The monoisotopic (exact) mass is 255 g/mol. The molecule has 1 N–H and O–H groups in total. The van der Waals surface area contributed by atoms with Crippen LogP contribution in [0.1, 0.15) is 10.5 Å². The summed E-state index contributed by atoms with van der Waals surface area (Å²) >= 11 is 0. The Kier molecular flexibility index (Phi) is 5.00. The summed E-state index contributed by atoms with van der Waals surface area (Å²) in [5, 5.41) is 13.5. The Hall–Kier alpha value is -2.22. The Bertz CT molecular complexity index is 449. The zero-order valence-electron chi connectivity index (χ0n) is 10.0. The number of esters is 1. The van der Waals surface area contributed by atoms with Gasteiger partial charge in [-0.25, -0.2) is 9.78 Å². The van der Waals surface area contributed by atoms with Crippen LogP contribution in [0.5, 0.6) is 0 Å². The average Bonchev–Trinajstić information content (AvgIpc) is 2.37.